The maximum atomic E-state index is 8.99. The van der Waals surface area contributed by atoms with Gasteiger partial charge in [-0.05, 0) is 18.7 Å². The molecule has 3 heteroatoms. The lowest BCUT2D eigenvalue weighted by Gasteiger charge is -2.11. The Labute approximate surface area is 89.5 Å². The fourth-order valence-electron chi connectivity index (χ4n) is 1.89. The van der Waals surface area contributed by atoms with Crippen molar-refractivity contribution < 1.29 is 5.11 Å². The zero-order valence-corrected chi connectivity index (χ0v) is 9.14. The monoisotopic (exact) mass is 204 g/mol. The van der Waals surface area contributed by atoms with Gasteiger partial charge >= 0.3 is 0 Å². The molecule has 1 aromatic carbocycles. The molecule has 0 saturated carbocycles. The molecule has 80 valence electrons. The van der Waals surface area contributed by atoms with Gasteiger partial charge in [0.15, 0.2) is 0 Å². The van der Waals surface area contributed by atoms with E-state index in [0.717, 1.165) is 6.54 Å². The number of aryl methyl sites for hydroxylation is 1. The highest BCUT2D eigenvalue weighted by Crippen LogP contribution is 2.20. The topological polar surface area (TPSA) is 28.4 Å². The molecule has 1 N–H and O–H groups in total. The highest BCUT2D eigenvalue weighted by Gasteiger charge is 2.07. The van der Waals surface area contributed by atoms with Crippen molar-refractivity contribution in [3.8, 4) is 0 Å². The minimum Gasteiger partial charge on any atom is -0.381 e. The number of fused-ring (bicyclic) bond motifs is 1. The highest BCUT2D eigenvalue weighted by molar-refractivity contribution is 5.83. The van der Waals surface area contributed by atoms with E-state index < -0.39 is 0 Å². The van der Waals surface area contributed by atoms with Gasteiger partial charge < -0.3 is 9.67 Å². The summed E-state index contributed by atoms with van der Waals surface area (Å²) in [7, 11) is 3.95. The lowest BCUT2D eigenvalue weighted by Crippen LogP contribution is -2.18. The quantitative estimate of drug-likeness (QED) is 0.768. The Morgan fingerprint density at radius 3 is 2.80 bits per heavy atom. The molecule has 0 spiro atoms. The van der Waals surface area contributed by atoms with E-state index in [9.17, 15) is 0 Å². The van der Waals surface area contributed by atoms with E-state index in [1.807, 2.05) is 31.1 Å². The van der Waals surface area contributed by atoms with Crippen LogP contribution in [-0.2, 0) is 13.6 Å². The molecule has 0 aliphatic rings. The van der Waals surface area contributed by atoms with Gasteiger partial charge in [0.05, 0.1) is 6.73 Å². The molecule has 0 aliphatic heterocycles. The van der Waals surface area contributed by atoms with Crippen LogP contribution in [0.25, 0.3) is 10.9 Å². The van der Waals surface area contributed by atoms with Crippen LogP contribution in [0.15, 0.2) is 30.5 Å². The zero-order valence-electron chi connectivity index (χ0n) is 9.14. The molecule has 0 radical (unpaired) electrons. The number of hydrogen-bond donors (Lipinski definition) is 1. The maximum absolute atomic E-state index is 8.99. The Kier molecular flexibility index (Phi) is 2.75. The lowest BCUT2D eigenvalue weighted by molar-refractivity contribution is 0.127. The third-order valence-corrected chi connectivity index (χ3v) is 2.66. The van der Waals surface area contributed by atoms with Crippen molar-refractivity contribution in [1.82, 2.24) is 9.47 Å². The third kappa shape index (κ3) is 1.89. The van der Waals surface area contributed by atoms with Gasteiger partial charge in [0, 0.05) is 30.7 Å². The molecule has 0 unspecified atom stereocenters. The Morgan fingerprint density at radius 1 is 1.33 bits per heavy atom. The summed E-state index contributed by atoms with van der Waals surface area (Å²) < 4.78 is 2.12. The molecule has 0 saturated heterocycles. The van der Waals surface area contributed by atoms with Crippen LogP contribution < -0.4 is 0 Å². The van der Waals surface area contributed by atoms with Crippen LogP contribution in [-0.4, -0.2) is 28.4 Å². The van der Waals surface area contributed by atoms with Gasteiger partial charge in [-0.3, -0.25) is 4.90 Å². The van der Waals surface area contributed by atoms with Gasteiger partial charge in [0.2, 0.25) is 0 Å². The highest BCUT2D eigenvalue weighted by atomic mass is 16.3. The molecule has 1 heterocycles. The molecule has 2 rings (SSSR count). The van der Waals surface area contributed by atoms with Gasteiger partial charge in [-0.1, -0.05) is 18.2 Å². The number of aliphatic hydroxyl groups excluding tert-OH is 1. The fraction of sp³-hybridized carbons (Fsp3) is 0.333. The van der Waals surface area contributed by atoms with Crippen LogP contribution in [0.3, 0.4) is 0 Å². The smallest absolute Gasteiger partial charge is 0.0956 e. The van der Waals surface area contributed by atoms with E-state index in [-0.39, 0.29) is 6.73 Å². The summed E-state index contributed by atoms with van der Waals surface area (Å²) >= 11 is 0. The van der Waals surface area contributed by atoms with Gasteiger partial charge in [0.1, 0.15) is 0 Å². The number of para-hydroxylation sites is 1. The van der Waals surface area contributed by atoms with Crippen molar-refractivity contribution in [1.29, 1.82) is 0 Å². The van der Waals surface area contributed by atoms with Gasteiger partial charge in [-0.15, -0.1) is 0 Å². The Hall–Kier alpha value is -1.32. The van der Waals surface area contributed by atoms with Crippen molar-refractivity contribution in [3.63, 3.8) is 0 Å². The molecule has 0 fully saturated rings. The molecule has 2 aromatic rings. The molecular formula is C12H16N2O. The number of hydrogen-bond acceptors (Lipinski definition) is 2. The fourth-order valence-corrected chi connectivity index (χ4v) is 1.89. The van der Waals surface area contributed by atoms with Crippen molar-refractivity contribution in [2.24, 2.45) is 7.05 Å². The van der Waals surface area contributed by atoms with E-state index in [4.69, 9.17) is 5.11 Å². The van der Waals surface area contributed by atoms with Crippen LogP contribution in [0.2, 0.25) is 0 Å². The molecule has 15 heavy (non-hydrogen) atoms. The first-order valence-corrected chi connectivity index (χ1v) is 5.04. The molecule has 3 nitrogen and oxygen atoms in total. The van der Waals surface area contributed by atoms with Gasteiger partial charge in [-0.2, -0.15) is 0 Å². The van der Waals surface area contributed by atoms with E-state index in [0.29, 0.717) is 0 Å². The number of benzene rings is 1. The van der Waals surface area contributed by atoms with E-state index >= 15 is 0 Å². The third-order valence-electron chi connectivity index (χ3n) is 2.66. The summed E-state index contributed by atoms with van der Waals surface area (Å²) in [5.41, 5.74) is 2.49. The standard InChI is InChI=1S/C12H16N2O/c1-13(9-15)7-10-8-14(2)12-6-4-3-5-11(10)12/h3-6,8,15H,7,9H2,1-2H3. The van der Waals surface area contributed by atoms with Crippen molar-refractivity contribution in [2.45, 2.75) is 6.54 Å². The average Bonchev–Trinajstić information content (AvgIpc) is 2.57. The van der Waals surface area contributed by atoms with Crippen molar-refractivity contribution >= 4 is 10.9 Å². The first kappa shape index (κ1) is 10.2. The van der Waals surface area contributed by atoms with Crippen LogP contribution in [0.4, 0.5) is 0 Å². The molecular weight excluding hydrogens is 188 g/mol. The Bertz CT molecular complexity index is 462. The summed E-state index contributed by atoms with van der Waals surface area (Å²) in [6.07, 6.45) is 2.12. The Morgan fingerprint density at radius 2 is 2.07 bits per heavy atom. The second-order valence-electron chi connectivity index (χ2n) is 3.94. The van der Waals surface area contributed by atoms with Gasteiger partial charge in [0.25, 0.3) is 0 Å². The summed E-state index contributed by atoms with van der Waals surface area (Å²) in [4.78, 5) is 1.88. The number of aliphatic hydroxyl groups is 1. The molecule has 0 bridgehead atoms. The minimum absolute atomic E-state index is 0.0865. The largest absolute Gasteiger partial charge is 0.381 e. The molecule has 0 amide bonds. The van der Waals surface area contributed by atoms with Crippen molar-refractivity contribution in [3.05, 3.63) is 36.0 Å². The number of aromatic nitrogens is 1. The predicted molar refractivity (Wildman–Crippen MR) is 61.5 cm³/mol. The maximum Gasteiger partial charge on any atom is 0.0956 e. The number of rotatable bonds is 3. The van der Waals surface area contributed by atoms with E-state index in [2.05, 4.69) is 22.9 Å². The van der Waals surface area contributed by atoms with Crippen LogP contribution >= 0.6 is 0 Å². The summed E-state index contributed by atoms with van der Waals surface area (Å²) in [6, 6.07) is 8.32. The second kappa shape index (κ2) is 4.04. The molecule has 0 atom stereocenters. The molecule has 1 aromatic heterocycles. The van der Waals surface area contributed by atoms with E-state index in [1.165, 1.54) is 16.5 Å². The van der Waals surface area contributed by atoms with Gasteiger partial charge in [-0.25, -0.2) is 0 Å². The minimum atomic E-state index is 0.0865. The van der Waals surface area contributed by atoms with Crippen LogP contribution in [0, 0.1) is 0 Å². The molecule has 0 aliphatic carbocycles. The average molecular weight is 204 g/mol. The summed E-state index contributed by atoms with van der Waals surface area (Å²) in [5, 5.41) is 10.3. The second-order valence-corrected chi connectivity index (χ2v) is 3.94. The van der Waals surface area contributed by atoms with E-state index in [1.54, 1.807) is 0 Å². The summed E-state index contributed by atoms with van der Waals surface area (Å²) in [5.74, 6) is 0. The first-order valence-electron chi connectivity index (χ1n) is 5.04. The number of nitrogens with zero attached hydrogens (tertiary/aromatic N) is 2. The summed E-state index contributed by atoms with van der Waals surface area (Å²) in [6.45, 7) is 0.862. The predicted octanol–water partition coefficient (Wildman–Crippen LogP) is 1.56. The lowest BCUT2D eigenvalue weighted by atomic mass is 10.2. The van der Waals surface area contributed by atoms with Crippen LogP contribution in [0.5, 0.6) is 0 Å². The first-order chi connectivity index (χ1) is 7.22. The SMILES string of the molecule is CN(CO)Cc1cn(C)c2ccccc12. The van der Waals surface area contributed by atoms with Crippen molar-refractivity contribution in [2.75, 3.05) is 13.8 Å². The Balaban J connectivity index is 2.43. The zero-order chi connectivity index (χ0) is 10.8. The normalized spacial score (nSPS) is 11.5. The van der Waals surface area contributed by atoms with Crippen LogP contribution in [0.1, 0.15) is 5.56 Å².